The van der Waals surface area contributed by atoms with Crippen molar-refractivity contribution < 1.29 is 4.79 Å². The molecule has 1 aliphatic rings. The maximum atomic E-state index is 12.1. The van der Waals surface area contributed by atoms with Crippen molar-refractivity contribution >= 4 is 5.91 Å². The van der Waals surface area contributed by atoms with Crippen LogP contribution in [0.5, 0.6) is 0 Å². The predicted molar refractivity (Wildman–Crippen MR) is 75.3 cm³/mol. The van der Waals surface area contributed by atoms with Gasteiger partial charge in [0, 0.05) is 25.0 Å². The molecule has 0 saturated heterocycles. The number of likely N-dealkylation sites (N-methyl/N-ethyl adjacent to an activating group) is 1. The molecule has 1 saturated carbocycles. The topological polar surface area (TPSA) is 58.4 Å². The van der Waals surface area contributed by atoms with Crippen molar-refractivity contribution in [2.45, 2.75) is 46.1 Å². The highest BCUT2D eigenvalue weighted by Crippen LogP contribution is 2.28. The average Bonchev–Trinajstić information content (AvgIpc) is 2.37. The number of carbonyl (C=O) groups excluding carboxylic acids is 1. The monoisotopic (exact) mass is 255 g/mol. The molecular formula is C14H29N3O. The molecule has 0 aliphatic heterocycles. The van der Waals surface area contributed by atoms with E-state index >= 15 is 0 Å². The van der Waals surface area contributed by atoms with Crippen LogP contribution in [0.4, 0.5) is 0 Å². The highest BCUT2D eigenvalue weighted by molar-refractivity contribution is 5.79. The summed E-state index contributed by atoms with van der Waals surface area (Å²) < 4.78 is 0. The Labute approximate surface area is 111 Å². The van der Waals surface area contributed by atoms with E-state index in [0.717, 1.165) is 45.4 Å². The minimum atomic E-state index is 0.116. The van der Waals surface area contributed by atoms with Gasteiger partial charge in [0.05, 0.1) is 0 Å². The van der Waals surface area contributed by atoms with Gasteiger partial charge in [-0.2, -0.15) is 0 Å². The van der Waals surface area contributed by atoms with Crippen LogP contribution in [0.2, 0.25) is 0 Å². The maximum Gasteiger partial charge on any atom is 0.223 e. The number of nitrogens with zero attached hydrogens (tertiary/aromatic N) is 1. The molecule has 1 aliphatic carbocycles. The summed E-state index contributed by atoms with van der Waals surface area (Å²) in [5.74, 6) is 0.627. The molecule has 1 fully saturated rings. The van der Waals surface area contributed by atoms with Gasteiger partial charge < -0.3 is 16.0 Å². The van der Waals surface area contributed by atoms with Crippen LogP contribution in [-0.2, 0) is 4.79 Å². The van der Waals surface area contributed by atoms with Crippen LogP contribution in [-0.4, -0.2) is 43.0 Å². The Morgan fingerprint density at radius 3 is 2.61 bits per heavy atom. The number of hydrogen-bond donors (Lipinski definition) is 2. The van der Waals surface area contributed by atoms with E-state index in [4.69, 9.17) is 5.73 Å². The lowest BCUT2D eigenvalue weighted by atomic mass is 9.77. The molecule has 3 unspecified atom stereocenters. The summed E-state index contributed by atoms with van der Waals surface area (Å²) >= 11 is 0. The summed E-state index contributed by atoms with van der Waals surface area (Å²) in [7, 11) is 0. The summed E-state index contributed by atoms with van der Waals surface area (Å²) in [5, 5.41) is 3.07. The molecule has 0 aromatic carbocycles. The second-order valence-electron chi connectivity index (χ2n) is 5.38. The quantitative estimate of drug-likeness (QED) is 0.750. The Bertz CT molecular complexity index is 253. The number of rotatable bonds is 6. The third kappa shape index (κ3) is 4.25. The Balaban J connectivity index is 2.31. The van der Waals surface area contributed by atoms with Crippen LogP contribution in [0, 0.1) is 11.8 Å². The Morgan fingerprint density at radius 2 is 2.00 bits per heavy atom. The smallest absolute Gasteiger partial charge is 0.223 e. The number of nitrogens with two attached hydrogens (primary N) is 1. The molecule has 4 heteroatoms. The molecule has 106 valence electrons. The van der Waals surface area contributed by atoms with Crippen LogP contribution < -0.4 is 11.1 Å². The van der Waals surface area contributed by atoms with Gasteiger partial charge in [0.2, 0.25) is 5.91 Å². The van der Waals surface area contributed by atoms with Gasteiger partial charge >= 0.3 is 0 Å². The SMILES string of the molecule is CCN(CC)CCNC(=O)C1CCCC(N)C1C. The van der Waals surface area contributed by atoms with Crippen molar-refractivity contribution in [3.63, 3.8) is 0 Å². The first-order valence-electron chi connectivity index (χ1n) is 7.35. The van der Waals surface area contributed by atoms with Gasteiger partial charge in [0.15, 0.2) is 0 Å². The molecule has 0 bridgehead atoms. The zero-order valence-electron chi connectivity index (χ0n) is 12.1. The molecule has 0 aromatic heterocycles. The number of carbonyl (C=O) groups is 1. The fourth-order valence-electron chi connectivity index (χ4n) is 2.78. The van der Waals surface area contributed by atoms with Crippen LogP contribution in [0.1, 0.15) is 40.0 Å². The van der Waals surface area contributed by atoms with Crippen LogP contribution >= 0.6 is 0 Å². The number of nitrogens with one attached hydrogen (secondary N) is 1. The van der Waals surface area contributed by atoms with E-state index in [1.165, 1.54) is 0 Å². The van der Waals surface area contributed by atoms with Crippen molar-refractivity contribution in [1.29, 1.82) is 0 Å². The minimum absolute atomic E-state index is 0.116. The van der Waals surface area contributed by atoms with Gasteiger partial charge in [-0.3, -0.25) is 4.79 Å². The Hall–Kier alpha value is -0.610. The third-order valence-electron chi connectivity index (χ3n) is 4.32. The van der Waals surface area contributed by atoms with E-state index in [9.17, 15) is 4.79 Å². The highest BCUT2D eigenvalue weighted by atomic mass is 16.1. The number of amides is 1. The molecule has 4 nitrogen and oxygen atoms in total. The summed E-state index contributed by atoms with van der Waals surface area (Å²) in [5.41, 5.74) is 6.04. The largest absolute Gasteiger partial charge is 0.355 e. The fourth-order valence-corrected chi connectivity index (χ4v) is 2.78. The van der Waals surface area contributed by atoms with Gasteiger partial charge in [-0.05, 0) is 31.8 Å². The average molecular weight is 255 g/mol. The molecule has 1 amide bonds. The third-order valence-corrected chi connectivity index (χ3v) is 4.32. The summed E-state index contributed by atoms with van der Waals surface area (Å²) in [6.07, 6.45) is 3.13. The van der Waals surface area contributed by atoms with Crippen molar-refractivity contribution in [1.82, 2.24) is 10.2 Å². The minimum Gasteiger partial charge on any atom is -0.355 e. The molecule has 3 N–H and O–H groups in total. The van der Waals surface area contributed by atoms with Gasteiger partial charge in [-0.15, -0.1) is 0 Å². The first kappa shape index (κ1) is 15.4. The summed E-state index contributed by atoms with van der Waals surface area (Å²) in [6, 6.07) is 0.192. The van der Waals surface area contributed by atoms with E-state index in [0.29, 0.717) is 5.92 Å². The molecule has 18 heavy (non-hydrogen) atoms. The van der Waals surface area contributed by atoms with Crippen molar-refractivity contribution in [3.05, 3.63) is 0 Å². The van der Waals surface area contributed by atoms with Crippen molar-refractivity contribution in [2.75, 3.05) is 26.2 Å². The zero-order chi connectivity index (χ0) is 13.5. The fraction of sp³-hybridized carbons (Fsp3) is 0.929. The van der Waals surface area contributed by atoms with Gasteiger partial charge in [0.1, 0.15) is 0 Å². The molecule has 3 atom stereocenters. The molecule has 0 aromatic rings. The van der Waals surface area contributed by atoms with E-state index in [2.05, 4.69) is 31.0 Å². The van der Waals surface area contributed by atoms with Gasteiger partial charge in [-0.25, -0.2) is 0 Å². The normalized spacial score (nSPS) is 28.4. The molecule has 0 radical (unpaired) electrons. The van der Waals surface area contributed by atoms with E-state index in [-0.39, 0.29) is 17.9 Å². The highest BCUT2D eigenvalue weighted by Gasteiger charge is 2.32. The number of hydrogen-bond acceptors (Lipinski definition) is 3. The van der Waals surface area contributed by atoms with E-state index in [1.54, 1.807) is 0 Å². The van der Waals surface area contributed by atoms with E-state index in [1.807, 2.05) is 0 Å². The summed E-state index contributed by atoms with van der Waals surface area (Å²) in [6.45, 7) is 10.2. The second kappa shape index (κ2) is 7.74. The predicted octanol–water partition coefficient (Wildman–Crippen LogP) is 1.21. The molecule has 0 spiro atoms. The van der Waals surface area contributed by atoms with Crippen LogP contribution in [0.3, 0.4) is 0 Å². The lowest BCUT2D eigenvalue weighted by Crippen LogP contribution is -2.45. The molecule has 1 rings (SSSR count). The van der Waals surface area contributed by atoms with Crippen LogP contribution in [0.15, 0.2) is 0 Å². The lowest BCUT2D eigenvalue weighted by molar-refractivity contribution is -0.127. The maximum absolute atomic E-state index is 12.1. The molecular weight excluding hydrogens is 226 g/mol. The zero-order valence-corrected chi connectivity index (χ0v) is 12.1. The van der Waals surface area contributed by atoms with Crippen molar-refractivity contribution in [3.8, 4) is 0 Å². The Kier molecular flexibility index (Phi) is 6.65. The van der Waals surface area contributed by atoms with Crippen molar-refractivity contribution in [2.24, 2.45) is 17.6 Å². The van der Waals surface area contributed by atoms with Gasteiger partial charge in [0.25, 0.3) is 0 Å². The first-order valence-corrected chi connectivity index (χ1v) is 7.35. The van der Waals surface area contributed by atoms with Crippen LogP contribution in [0.25, 0.3) is 0 Å². The standard InChI is InChI=1S/C14H29N3O/c1-4-17(5-2)10-9-16-14(18)12-7-6-8-13(15)11(12)3/h11-13H,4-10,15H2,1-3H3,(H,16,18). The molecule has 0 heterocycles. The first-order chi connectivity index (χ1) is 8.60. The van der Waals surface area contributed by atoms with E-state index < -0.39 is 0 Å². The second-order valence-corrected chi connectivity index (χ2v) is 5.38. The summed E-state index contributed by atoms with van der Waals surface area (Å²) in [4.78, 5) is 14.4. The van der Waals surface area contributed by atoms with Gasteiger partial charge in [-0.1, -0.05) is 27.2 Å². The lowest BCUT2D eigenvalue weighted by Gasteiger charge is -2.33. The Morgan fingerprint density at radius 1 is 1.33 bits per heavy atom.